The molecule has 11 heteroatoms. The maximum Gasteiger partial charge on any atom is 0.442 e. The quantitative estimate of drug-likeness (QED) is 0.430. The van der Waals surface area contributed by atoms with Crippen LogP contribution in [0.4, 0.5) is 18.9 Å². The van der Waals surface area contributed by atoms with Crippen molar-refractivity contribution in [2.24, 2.45) is 0 Å². The number of rotatable bonds is 6. The Morgan fingerprint density at radius 3 is 2.40 bits per heavy atom. The summed E-state index contributed by atoms with van der Waals surface area (Å²) in [5.74, 6) is -2.60. The molecule has 0 N–H and O–H groups in total. The molecule has 2 rings (SSSR count). The highest BCUT2D eigenvalue weighted by molar-refractivity contribution is 8.01. The molecule has 1 aliphatic rings. The number of nitrogens with zero attached hydrogens (tertiary/aromatic N) is 2. The van der Waals surface area contributed by atoms with E-state index in [4.69, 9.17) is 0 Å². The molecule has 0 saturated carbocycles. The van der Waals surface area contributed by atoms with Gasteiger partial charge in [0, 0.05) is 25.1 Å². The number of Topliss-reactive ketones (excluding diaryl/α,β-unsaturated/α-hetero) is 1. The van der Waals surface area contributed by atoms with E-state index in [9.17, 15) is 37.7 Å². The van der Waals surface area contributed by atoms with Crippen LogP contribution in [0, 0.1) is 10.1 Å². The standard InChI is InChI=1S/C14H11F3N2O5S/c1-2-10(20)11(25-14(15,16)17)6-18-12(21)8-4-3-7(19(23)24)5-9(8)13(18)22/h3-5,11H,2,6H2,1H3. The van der Waals surface area contributed by atoms with Crippen LogP contribution in [0.5, 0.6) is 0 Å². The number of non-ortho nitro benzene ring substituents is 1. The molecular weight excluding hydrogens is 365 g/mol. The number of hydrogen-bond donors (Lipinski definition) is 0. The molecule has 0 fully saturated rings. The number of alkyl halides is 3. The molecular formula is C14H11F3N2O5S. The third-order valence-corrected chi connectivity index (χ3v) is 4.46. The SMILES string of the molecule is CCC(=O)C(CN1C(=O)c2ccc([N+](=O)[O-])cc2C1=O)SC(F)(F)F. The largest absolute Gasteiger partial charge is 0.442 e. The number of hydrogen-bond acceptors (Lipinski definition) is 6. The summed E-state index contributed by atoms with van der Waals surface area (Å²) in [6.07, 6.45) is -0.192. The summed E-state index contributed by atoms with van der Waals surface area (Å²) in [6.45, 7) is 0.620. The summed E-state index contributed by atoms with van der Waals surface area (Å²) in [6, 6.07) is 2.98. The van der Waals surface area contributed by atoms with E-state index in [0.29, 0.717) is 4.90 Å². The Hall–Kier alpha value is -2.43. The Kier molecular flexibility index (Phi) is 5.16. The van der Waals surface area contributed by atoms with Crippen molar-refractivity contribution in [2.75, 3.05) is 6.54 Å². The smallest absolute Gasteiger partial charge is 0.298 e. The fourth-order valence-corrected chi connectivity index (χ4v) is 3.16. The van der Waals surface area contributed by atoms with E-state index in [-0.39, 0.29) is 17.5 Å². The first-order valence-electron chi connectivity index (χ1n) is 6.97. The number of benzene rings is 1. The molecule has 0 bridgehead atoms. The molecule has 0 radical (unpaired) electrons. The molecule has 1 atom stereocenters. The Balaban J connectivity index is 2.30. The van der Waals surface area contributed by atoms with Gasteiger partial charge in [0.1, 0.15) is 5.78 Å². The van der Waals surface area contributed by atoms with Gasteiger partial charge in [-0.3, -0.25) is 29.4 Å². The van der Waals surface area contributed by atoms with Gasteiger partial charge in [-0.1, -0.05) is 6.92 Å². The number of amides is 2. The summed E-state index contributed by atoms with van der Waals surface area (Å²) in [5, 5.41) is 9.11. The predicted octanol–water partition coefficient (Wildman–Crippen LogP) is 2.79. The summed E-state index contributed by atoms with van der Waals surface area (Å²) in [4.78, 5) is 46.8. The monoisotopic (exact) mass is 376 g/mol. The first-order chi connectivity index (χ1) is 11.5. The van der Waals surface area contributed by atoms with E-state index < -0.39 is 57.3 Å². The number of imide groups is 1. The van der Waals surface area contributed by atoms with Crippen LogP contribution in [0.25, 0.3) is 0 Å². The van der Waals surface area contributed by atoms with E-state index in [0.717, 1.165) is 18.2 Å². The highest BCUT2D eigenvalue weighted by Crippen LogP contribution is 2.36. The maximum absolute atomic E-state index is 12.6. The van der Waals surface area contributed by atoms with Crippen LogP contribution >= 0.6 is 11.8 Å². The van der Waals surface area contributed by atoms with Crippen molar-refractivity contribution >= 4 is 35.0 Å². The van der Waals surface area contributed by atoms with Gasteiger partial charge in [-0.25, -0.2) is 0 Å². The molecule has 134 valence electrons. The van der Waals surface area contributed by atoms with E-state index in [1.54, 1.807) is 0 Å². The van der Waals surface area contributed by atoms with Gasteiger partial charge in [0.25, 0.3) is 17.5 Å². The second-order valence-electron chi connectivity index (χ2n) is 5.08. The van der Waals surface area contributed by atoms with Gasteiger partial charge in [-0.05, 0) is 17.8 Å². The zero-order chi connectivity index (χ0) is 18.9. The van der Waals surface area contributed by atoms with Crippen LogP contribution in [-0.2, 0) is 4.79 Å². The van der Waals surface area contributed by atoms with Gasteiger partial charge in [-0.2, -0.15) is 13.2 Å². The van der Waals surface area contributed by atoms with Crippen LogP contribution in [0.15, 0.2) is 18.2 Å². The second kappa shape index (κ2) is 6.82. The van der Waals surface area contributed by atoms with Crippen molar-refractivity contribution in [3.63, 3.8) is 0 Å². The molecule has 2 amide bonds. The van der Waals surface area contributed by atoms with Crippen LogP contribution < -0.4 is 0 Å². The lowest BCUT2D eigenvalue weighted by Gasteiger charge is -2.21. The fourth-order valence-electron chi connectivity index (χ4n) is 2.32. The van der Waals surface area contributed by atoms with Crippen LogP contribution in [0.2, 0.25) is 0 Å². The highest BCUT2D eigenvalue weighted by Gasteiger charge is 2.42. The Morgan fingerprint density at radius 2 is 1.88 bits per heavy atom. The molecule has 1 aromatic carbocycles. The number of fused-ring (bicyclic) bond motifs is 1. The third kappa shape index (κ3) is 3.98. The molecule has 1 aromatic rings. The number of thioether (sulfide) groups is 1. The third-order valence-electron chi connectivity index (χ3n) is 3.50. The first kappa shape index (κ1) is 18.9. The van der Waals surface area contributed by atoms with Crippen molar-refractivity contribution < 1.29 is 32.5 Å². The molecule has 25 heavy (non-hydrogen) atoms. The fraction of sp³-hybridized carbons (Fsp3) is 0.357. The number of nitro benzene ring substituents is 1. The molecule has 1 aliphatic heterocycles. The van der Waals surface area contributed by atoms with E-state index >= 15 is 0 Å². The molecule has 7 nitrogen and oxygen atoms in total. The molecule has 0 aliphatic carbocycles. The number of nitro groups is 1. The predicted molar refractivity (Wildman–Crippen MR) is 81.2 cm³/mol. The summed E-state index contributed by atoms with van der Waals surface area (Å²) < 4.78 is 37.9. The molecule has 0 saturated heterocycles. The zero-order valence-electron chi connectivity index (χ0n) is 12.7. The van der Waals surface area contributed by atoms with Gasteiger partial charge in [0.05, 0.1) is 21.3 Å². The number of carbonyl (C=O) groups excluding carboxylic acids is 3. The Morgan fingerprint density at radius 1 is 1.28 bits per heavy atom. The van der Waals surface area contributed by atoms with E-state index in [1.807, 2.05) is 0 Å². The Bertz CT molecular complexity index is 765. The van der Waals surface area contributed by atoms with E-state index in [2.05, 4.69) is 0 Å². The van der Waals surface area contributed by atoms with Gasteiger partial charge >= 0.3 is 5.51 Å². The van der Waals surface area contributed by atoms with Crippen LogP contribution in [-0.4, -0.2) is 44.7 Å². The first-order valence-corrected chi connectivity index (χ1v) is 7.85. The van der Waals surface area contributed by atoms with Crippen molar-refractivity contribution in [1.82, 2.24) is 4.90 Å². The number of carbonyl (C=O) groups is 3. The van der Waals surface area contributed by atoms with Crippen molar-refractivity contribution in [3.05, 3.63) is 39.4 Å². The minimum atomic E-state index is -4.72. The average Bonchev–Trinajstić information content (AvgIpc) is 2.76. The summed E-state index contributed by atoms with van der Waals surface area (Å²) in [7, 11) is 0. The van der Waals surface area contributed by atoms with Crippen LogP contribution in [0.1, 0.15) is 34.1 Å². The maximum atomic E-state index is 12.6. The Labute approximate surface area is 143 Å². The minimum absolute atomic E-state index is 0.143. The molecule has 1 heterocycles. The molecule has 0 spiro atoms. The topological polar surface area (TPSA) is 97.6 Å². The normalized spacial score (nSPS) is 15.3. The lowest BCUT2D eigenvalue weighted by molar-refractivity contribution is -0.384. The van der Waals surface area contributed by atoms with Gasteiger partial charge < -0.3 is 0 Å². The number of halogens is 3. The number of ketones is 1. The zero-order valence-corrected chi connectivity index (χ0v) is 13.5. The molecule has 0 aromatic heterocycles. The lowest BCUT2D eigenvalue weighted by Crippen LogP contribution is -2.39. The lowest BCUT2D eigenvalue weighted by atomic mass is 10.1. The minimum Gasteiger partial charge on any atom is -0.298 e. The van der Waals surface area contributed by atoms with E-state index in [1.165, 1.54) is 6.92 Å². The highest BCUT2D eigenvalue weighted by atomic mass is 32.2. The summed E-state index contributed by atoms with van der Waals surface area (Å²) in [5.41, 5.74) is -5.55. The van der Waals surface area contributed by atoms with Crippen molar-refractivity contribution in [2.45, 2.75) is 24.1 Å². The van der Waals surface area contributed by atoms with Crippen LogP contribution in [0.3, 0.4) is 0 Å². The van der Waals surface area contributed by atoms with Gasteiger partial charge in [0.2, 0.25) is 0 Å². The van der Waals surface area contributed by atoms with Crippen molar-refractivity contribution in [1.29, 1.82) is 0 Å². The van der Waals surface area contributed by atoms with Gasteiger partial charge in [0.15, 0.2) is 0 Å². The molecule has 1 unspecified atom stereocenters. The van der Waals surface area contributed by atoms with Gasteiger partial charge in [-0.15, -0.1) is 0 Å². The second-order valence-corrected chi connectivity index (χ2v) is 6.35. The summed E-state index contributed by atoms with van der Waals surface area (Å²) >= 11 is -0.592. The van der Waals surface area contributed by atoms with Crippen molar-refractivity contribution in [3.8, 4) is 0 Å². The average molecular weight is 376 g/mol.